The lowest BCUT2D eigenvalue weighted by molar-refractivity contribution is 0.0602. The molecule has 1 amide bonds. The van der Waals surface area contributed by atoms with E-state index in [1.165, 1.54) is 6.42 Å². The molecule has 2 rings (SSSR count). The predicted octanol–water partition coefficient (Wildman–Crippen LogP) is 2.53. The molecule has 0 saturated carbocycles. The van der Waals surface area contributed by atoms with E-state index in [-0.39, 0.29) is 5.91 Å². The van der Waals surface area contributed by atoms with Crippen LogP contribution in [0.4, 0.5) is 5.69 Å². The molecule has 1 N–H and O–H groups in total. The van der Waals surface area contributed by atoms with Crippen LogP contribution in [0, 0.1) is 0 Å². The number of hydrogen-bond donors (Lipinski definition) is 1. The van der Waals surface area contributed by atoms with Crippen LogP contribution in [-0.4, -0.2) is 35.4 Å². The molecule has 98 valence electrons. The Kier molecular flexibility index (Phi) is 4.18. The van der Waals surface area contributed by atoms with Gasteiger partial charge in [-0.2, -0.15) is 0 Å². The van der Waals surface area contributed by atoms with Gasteiger partial charge in [-0.1, -0.05) is 6.92 Å². The summed E-state index contributed by atoms with van der Waals surface area (Å²) in [7, 11) is 1.84. The zero-order valence-corrected chi connectivity index (χ0v) is 11.1. The van der Waals surface area contributed by atoms with Gasteiger partial charge in [0.05, 0.1) is 11.9 Å². The smallest absolute Gasteiger partial charge is 0.272 e. The van der Waals surface area contributed by atoms with Gasteiger partial charge in [0.15, 0.2) is 0 Å². The van der Waals surface area contributed by atoms with Gasteiger partial charge in [0.1, 0.15) is 5.69 Å². The molecule has 1 aromatic heterocycles. The van der Waals surface area contributed by atoms with Crippen LogP contribution in [0.5, 0.6) is 0 Å². The molecule has 0 radical (unpaired) electrons. The Morgan fingerprint density at radius 2 is 2.33 bits per heavy atom. The van der Waals surface area contributed by atoms with Gasteiger partial charge in [-0.25, -0.2) is 4.98 Å². The van der Waals surface area contributed by atoms with E-state index in [9.17, 15) is 4.79 Å². The topological polar surface area (TPSA) is 45.2 Å². The van der Waals surface area contributed by atoms with Crippen molar-refractivity contribution in [3.8, 4) is 0 Å². The van der Waals surface area contributed by atoms with E-state index < -0.39 is 0 Å². The van der Waals surface area contributed by atoms with E-state index in [1.807, 2.05) is 18.0 Å². The number of aromatic nitrogens is 1. The number of anilines is 1. The van der Waals surface area contributed by atoms with Crippen molar-refractivity contribution in [2.45, 2.75) is 38.6 Å². The van der Waals surface area contributed by atoms with Crippen molar-refractivity contribution in [1.29, 1.82) is 0 Å². The first-order chi connectivity index (χ1) is 8.76. The van der Waals surface area contributed by atoms with Crippen LogP contribution >= 0.6 is 0 Å². The van der Waals surface area contributed by atoms with Crippen LogP contribution in [0.15, 0.2) is 18.3 Å². The molecule has 18 heavy (non-hydrogen) atoms. The monoisotopic (exact) mass is 247 g/mol. The minimum atomic E-state index is 0.0733. The molecule has 4 nitrogen and oxygen atoms in total. The molecule has 1 atom stereocenters. The van der Waals surface area contributed by atoms with Crippen molar-refractivity contribution in [2.75, 3.05) is 18.9 Å². The van der Waals surface area contributed by atoms with E-state index in [4.69, 9.17) is 0 Å². The Labute approximate surface area is 108 Å². The highest BCUT2D eigenvalue weighted by Crippen LogP contribution is 2.21. The highest BCUT2D eigenvalue weighted by atomic mass is 16.2. The third-order valence-corrected chi connectivity index (χ3v) is 3.63. The first-order valence-corrected chi connectivity index (χ1v) is 6.71. The van der Waals surface area contributed by atoms with Gasteiger partial charge in [-0.05, 0) is 37.8 Å². The first kappa shape index (κ1) is 12.9. The first-order valence-electron chi connectivity index (χ1n) is 6.71. The molecule has 2 heterocycles. The molecule has 1 unspecified atom stereocenters. The third-order valence-electron chi connectivity index (χ3n) is 3.63. The summed E-state index contributed by atoms with van der Waals surface area (Å²) in [6, 6.07) is 4.08. The molecule has 0 spiro atoms. The normalized spacial score (nSPS) is 19.7. The Bertz CT molecular complexity index is 402. The SMILES string of the molecule is CCC1CCCCN1C(=O)c1ccc(NC)cn1. The number of hydrogen-bond acceptors (Lipinski definition) is 3. The number of amides is 1. The standard InChI is InChI=1S/C14H21N3O/c1-3-12-6-4-5-9-17(12)14(18)13-8-7-11(15-2)10-16-13/h7-8,10,12,15H,3-6,9H2,1-2H3. The average Bonchev–Trinajstić information content (AvgIpc) is 2.46. The van der Waals surface area contributed by atoms with Gasteiger partial charge >= 0.3 is 0 Å². The van der Waals surface area contributed by atoms with Crippen LogP contribution in [0.25, 0.3) is 0 Å². The van der Waals surface area contributed by atoms with Crippen LogP contribution in [0.2, 0.25) is 0 Å². The van der Waals surface area contributed by atoms with Gasteiger partial charge in [-0.3, -0.25) is 4.79 Å². The number of pyridine rings is 1. The summed E-state index contributed by atoms with van der Waals surface area (Å²) in [6.45, 7) is 3.01. The Hall–Kier alpha value is -1.58. The van der Waals surface area contributed by atoms with Crippen molar-refractivity contribution >= 4 is 11.6 Å². The molecule has 1 aliphatic heterocycles. The summed E-state index contributed by atoms with van der Waals surface area (Å²) >= 11 is 0. The van der Waals surface area contributed by atoms with Crippen LogP contribution in [0.3, 0.4) is 0 Å². The van der Waals surface area contributed by atoms with E-state index in [0.29, 0.717) is 11.7 Å². The number of piperidine rings is 1. The summed E-state index contributed by atoms with van der Waals surface area (Å²) in [4.78, 5) is 18.6. The highest BCUT2D eigenvalue weighted by molar-refractivity contribution is 5.92. The third kappa shape index (κ3) is 2.63. The number of carbonyl (C=O) groups excluding carboxylic acids is 1. The fourth-order valence-corrected chi connectivity index (χ4v) is 2.51. The molecule has 1 aliphatic rings. The number of likely N-dealkylation sites (tertiary alicyclic amines) is 1. The molecular formula is C14H21N3O. The zero-order chi connectivity index (χ0) is 13.0. The Balaban J connectivity index is 2.13. The highest BCUT2D eigenvalue weighted by Gasteiger charge is 2.26. The second-order valence-electron chi connectivity index (χ2n) is 4.74. The number of nitrogens with zero attached hydrogens (tertiary/aromatic N) is 2. The zero-order valence-electron chi connectivity index (χ0n) is 11.1. The summed E-state index contributed by atoms with van der Waals surface area (Å²) in [5.41, 5.74) is 1.48. The van der Waals surface area contributed by atoms with Crippen molar-refractivity contribution in [3.05, 3.63) is 24.0 Å². The minimum absolute atomic E-state index is 0.0733. The Morgan fingerprint density at radius 3 is 2.94 bits per heavy atom. The van der Waals surface area contributed by atoms with E-state index >= 15 is 0 Å². The molecular weight excluding hydrogens is 226 g/mol. The van der Waals surface area contributed by atoms with Gasteiger partial charge < -0.3 is 10.2 Å². The summed E-state index contributed by atoms with van der Waals surface area (Å²) in [6.07, 6.45) is 6.19. The lowest BCUT2D eigenvalue weighted by atomic mass is 9.99. The van der Waals surface area contributed by atoms with Crippen LogP contribution in [-0.2, 0) is 0 Å². The minimum Gasteiger partial charge on any atom is -0.387 e. The van der Waals surface area contributed by atoms with Crippen LogP contribution < -0.4 is 5.32 Å². The van der Waals surface area contributed by atoms with Crippen molar-refractivity contribution in [2.24, 2.45) is 0 Å². The van der Waals surface area contributed by atoms with Crippen molar-refractivity contribution in [3.63, 3.8) is 0 Å². The Morgan fingerprint density at radius 1 is 1.50 bits per heavy atom. The van der Waals surface area contributed by atoms with E-state index in [0.717, 1.165) is 31.5 Å². The van der Waals surface area contributed by atoms with Crippen molar-refractivity contribution in [1.82, 2.24) is 9.88 Å². The van der Waals surface area contributed by atoms with Crippen LogP contribution in [0.1, 0.15) is 43.1 Å². The van der Waals surface area contributed by atoms with Crippen molar-refractivity contribution < 1.29 is 4.79 Å². The quantitative estimate of drug-likeness (QED) is 0.892. The molecule has 1 saturated heterocycles. The lowest BCUT2D eigenvalue weighted by Gasteiger charge is -2.35. The van der Waals surface area contributed by atoms with E-state index in [2.05, 4.69) is 17.2 Å². The fraction of sp³-hybridized carbons (Fsp3) is 0.571. The summed E-state index contributed by atoms with van der Waals surface area (Å²) < 4.78 is 0. The lowest BCUT2D eigenvalue weighted by Crippen LogP contribution is -2.43. The average molecular weight is 247 g/mol. The fourth-order valence-electron chi connectivity index (χ4n) is 2.51. The summed E-state index contributed by atoms with van der Waals surface area (Å²) in [5.74, 6) is 0.0733. The predicted molar refractivity (Wildman–Crippen MR) is 72.8 cm³/mol. The summed E-state index contributed by atoms with van der Waals surface area (Å²) in [5, 5.41) is 3.01. The molecule has 1 fully saturated rings. The number of nitrogens with one attached hydrogen (secondary N) is 1. The maximum atomic E-state index is 12.4. The van der Waals surface area contributed by atoms with Gasteiger partial charge in [0.25, 0.3) is 5.91 Å². The number of rotatable bonds is 3. The van der Waals surface area contributed by atoms with E-state index in [1.54, 1.807) is 12.3 Å². The second kappa shape index (κ2) is 5.85. The largest absolute Gasteiger partial charge is 0.387 e. The second-order valence-corrected chi connectivity index (χ2v) is 4.74. The molecule has 1 aromatic rings. The number of carbonyl (C=O) groups is 1. The van der Waals surface area contributed by atoms with Gasteiger partial charge in [0.2, 0.25) is 0 Å². The van der Waals surface area contributed by atoms with Gasteiger partial charge in [0, 0.05) is 19.6 Å². The molecule has 4 heteroatoms. The maximum absolute atomic E-state index is 12.4. The maximum Gasteiger partial charge on any atom is 0.272 e. The molecule has 0 aromatic carbocycles. The van der Waals surface area contributed by atoms with Gasteiger partial charge in [-0.15, -0.1) is 0 Å². The molecule has 0 aliphatic carbocycles. The molecule has 0 bridgehead atoms.